The number of hydrogen-bond donors (Lipinski definition) is 0. The van der Waals surface area contributed by atoms with E-state index in [-0.39, 0.29) is 87.8 Å². The van der Waals surface area contributed by atoms with Gasteiger partial charge in [0.2, 0.25) is 0 Å². The molecule has 6 rings (SSSR count). The van der Waals surface area contributed by atoms with Crippen molar-refractivity contribution < 1.29 is 0 Å². The molecule has 0 N–H and O–H groups in total. The van der Waals surface area contributed by atoms with Gasteiger partial charge in [-0.3, -0.25) is 0 Å². The van der Waals surface area contributed by atoms with Crippen LogP contribution in [0.15, 0.2) is 51.7 Å². The number of benzene rings is 4. The Morgan fingerprint density at radius 1 is 0.800 bits per heavy atom. The van der Waals surface area contributed by atoms with Crippen molar-refractivity contribution in [2.45, 2.75) is 46.0 Å². The standard InChI is InChI=1S/C39H21B14N2/c1-6-15(41)21-22-26(33(49)37(53)35(51)30(22)46)39(4,5)25(21)16(42)12-14-20-23(31(47)36(52)34(50)29(20)45)38(24(28(14)44)32(48)27(43)13(3)40)55-18-11-9-8-10-17(18)54-19(55)7-2/h1,8-11H,7,12H2,2-5H3/b21-15+,25-16?,27-13-,32-24-. The van der Waals surface area contributed by atoms with E-state index >= 15 is 0 Å². The Hall–Kier alpha value is -3.83. The van der Waals surface area contributed by atoms with Gasteiger partial charge in [0.15, 0.2) is 0 Å². The molecule has 0 saturated heterocycles. The van der Waals surface area contributed by atoms with Crippen molar-refractivity contribution in [2.75, 3.05) is 0 Å². The zero-order valence-corrected chi connectivity index (χ0v) is 31.3. The predicted octanol–water partition coefficient (Wildman–Crippen LogP) is -4.17. The number of aromatic nitrogens is 2. The van der Waals surface area contributed by atoms with E-state index in [1.54, 1.807) is 6.92 Å². The normalized spacial score (nSPS) is 16.5. The average molecular weight is 669 g/mol. The van der Waals surface area contributed by atoms with Crippen LogP contribution in [0, 0.1) is 17.5 Å². The molecule has 0 unspecified atom stereocenters. The van der Waals surface area contributed by atoms with E-state index in [0.29, 0.717) is 62.1 Å². The second-order valence-electron chi connectivity index (χ2n) is 14.3. The van der Waals surface area contributed by atoms with Crippen LogP contribution in [0.1, 0.15) is 50.2 Å². The Balaban J connectivity index is 1.88. The first kappa shape index (κ1) is 40.8. The molecule has 0 aliphatic heterocycles. The number of terminal acetylenes is 1. The summed E-state index contributed by atoms with van der Waals surface area (Å²) in [6, 6.07) is 7.57. The van der Waals surface area contributed by atoms with Gasteiger partial charge in [0.05, 0.1) is 0 Å². The van der Waals surface area contributed by atoms with E-state index in [0.717, 1.165) is 5.52 Å². The second-order valence-corrected chi connectivity index (χ2v) is 14.3. The molecule has 0 spiro atoms. The summed E-state index contributed by atoms with van der Waals surface area (Å²) < 4.78 is 1.91. The molecule has 5 aromatic rings. The van der Waals surface area contributed by atoms with Crippen molar-refractivity contribution in [3.8, 4) is 18.0 Å². The van der Waals surface area contributed by atoms with Crippen molar-refractivity contribution >= 4 is 186 Å². The molecule has 16 heteroatoms. The summed E-state index contributed by atoms with van der Waals surface area (Å²) in [5.41, 5.74) is 4.79. The Labute approximate surface area is 342 Å². The predicted molar refractivity (Wildman–Crippen MR) is 246 cm³/mol. The van der Waals surface area contributed by atoms with Crippen LogP contribution in [0.5, 0.6) is 0 Å². The molecular formula is C39H21B14N2. The minimum atomic E-state index is -0.960. The molecular weight excluding hydrogens is 648 g/mol. The number of rotatable bonds is 5. The summed E-state index contributed by atoms with van der Waals surface area (Å²) in [6.45, 7) is 7.39. The van der Waals surface area contributed by atoms with Gasteiger partial charge >= 0.3 is 344 Å². The van der Waals surface area contributed by atoms with Gasteiger partial charge in [-0.2, -0.15) is 0 Å². The van der Waals surface area contributed by atoms with Crippen LogP contribution in [-0.2, 0) is 18.3 Å². The molecule has 0 atom stereocenters. The summed E-state index contributed by atoms with van der Waals surface area (Å²) in [5.74, 6) is 3.19. The van der Waals surface area contributed by atoms with Crippen LogP contribution in [0.25, 0.3) is 38.5 Å². The molecule has 0 bridgehead atoms. The van der Waals surface area contributed by atoms with Crippen molar-refractivity contribution in [3.63, 3.8) is 0 Å². The summed E-state index contributed by atoms with van der Waals surface area (Å²) >= 11 is 0. The minimum absolute atomic E-state index is 0.0441. The van der Waals surface area contributed by atoms with Gasteiger partial charge in [0.1, 0.15) is 0 Å². The first-order chi connectivity index (χ1) is 25.8. The number of imidazole rings is 1. The van der Waals surface area contributed by atoms with E-state index in [1.807, 2.05) is 49.6 Å². The molecule has 0 saturated carbocycles. The van der Waals surface area contributed by atoms with Crippen molar-refractivity contribution in [2.24, 2.45) is 0 Å². The SMILES string of the molecule is [B]C(Cc1c(=[B])/c(=C([B])\C([B])=C(\[B])C)c(-n2c(CC)nc3ccccc32)c2c([B])c([B])c([B])c([B])c12)=C1/C(=C(/[B])C#C)c2c([B])c([B])c([B])c([B])c2C1(C)C. The number of nitrogens with zero attached hydrogens (tertiary/aromatic N) is 2. The number of hydrogen-bond acceptors (Lipinski definition) is 1. The average Bonchev–Trinajstić information content (AvgIpc) is 3.65. The fourth-order valence-electron chi connectivity index (χ4n) is 8.00. The van der Waals surface area contributed by atoms with E-state index in [1.165, 1.54) is 0 Å². The molecule has 1 aliphatic carbocycles. The maximum absolute atomic E-state index is 7.30. The third-order valence-corrected chi connectivity index (χ3v) is 10.7. The molecule has 4 aromatic carbocycles. The van der Waals surface area contributed by atoms with Gasteiger partial charge in [-0.25, -0.2) is 0 Å². The molecule has 1 heterocycles. The van der Waals surface area contributed by atoms with Gasteiger partial charge in [0, 0.05) is 0 Å². The first-order valence-corrected chi connectivity index (χ1v) is 17.3. The first-order valence-electron chi connectivity index (χ1n) is 17.3. The maximum atomic E-state index is 7.30. The molecule has 2 nitrogen and oxygen atoms in total. The number of aryl methyl sites for hydroxylation is 1. The van der Waals surface area contributed by atoms with E-state index < -0.39 is 5.41 Å². The number of allylic oxidation sites excluding steroid dienone is 6. The van der Waals surface area contributed by atoms with Gasteiger partial charge in [-0.05, 0) is 0 Å². The molecule has 0 amide bonds. The molecule has 0 fully saturated rings. The van der Waals surface area contributed by atoms with Gasteiger partial charge < -0.3 is 0 Å². The van der Waals surface area contributed by atoms with E-state index in [4.69, 9.17) is 121 Å². The molecule has 55 heavy (non-hydrogen) atoms. The molecule has 1 aliphatic rings. The van der Waals surface area contributed by atoms with E-state index in [2.05, 4.69) is 5.92 Å². The summed E-state index contributed by atoms with van der Waals surface area (Å²) in [7, 11) is 93.8. The quantitative estimate of drug-likeness (QED) is 0.138. The third kappa shape index (κ3) is 6.01. The van der Waals surface area contributed by atoms with Crippen LogP contribution < -0.4 is 48.9 Å². The topological polar surface area (TPSA) is 17.8 Å². The van der Waals surface area contributed by atoms with Gasteiger partial charge in [-0.15, -0.1) is 0 Å². The summed E-state index contributed by atoms with van der Waals surface area (Å²) in [4.78, 5) is 4.91. The summed E-state index contributed by atoms with van der Waals surface area (Å²) in [6.07, 6.45) is 6.34. The fraction of sp³-hybridized carbons (Fsp3) is 0.179. The number of para-hydroxylation sites is 2. The summed E-state index contributed by atoms with van der Waals surface area (Å²) in [5, 5.41) is 1.20. The Morgan fingerprint density at radius 3 is 1.95 bits per heavy atom. The monoisotopic (exact) mass is 671 g/mol. The molecule has 27 radical (unpaired) electrons. The zero-order valence-electron chi connectivity index (χ0n) is 31.3. The number of fused-ring (bicyclic) bond motifs is 3. The Kier molecular flexibility index (Phi) is 10.8. The zero-order chi connectivity index (χ0) is 40.7. The van der Waals surface area contributed by atoms with Crippen molar-refractivity contribution in [1.82, 2.24) is 9.55 Å². The van der Waals surface area contributed by atoms with Crippen LogP contribution in [0.3, 0.4) is 0 Å². The van der Waals surface area contributed by atoms with Crippen LogP contribution >= 0.6 is 0 Å². The van der Waals surface area contributed by atoms with Gasteiger partial charge in [-0.1, -0.05) is 0 Å². The Morgan fingerprint density at radius 2 is 1.36 bits per heavy atom. The van der Waals surface area contributed by atoms with E-state index in [9.17, 15) is 0 Å². The molecule has 229 valence electrons. The third-order valence-electron chi connectivity index (χ3n) is 10.7. The van der Waals surface area contributed by atoms with Crippen LogP contribution in [0.2, 0.25) is 0 Å². The fourth-order valence-corrected chi connectivity index (χ4v) is 8.00. The van der Waals surface area contributed by atoms with Crippen molar-refractivity contribution in [3.05, 3.63) is 84.6 Å². The molecule has 1 aromatic heterocycles. The second kappa shape index (κ2) is 14.6. The van der Waals surface area contributed by atoms with Crippen molar-refractivity contribution in [1.29, 1.82) is 0 Å². The van der Waals surface area contributed by atoms with Crippen LogP contribution in [0.4, 0.5) is 0 Å². The van der Waals surface area contributed by atoms with Crippen LogP contribution in [-0.4, -0.2) is 119 Å². The Bertz CT molecular complexity index is 2810. The van der Waals surface area contributed by atoms with Gasteiger partial charge in [0.25, 0.3) is 0 Å².